The summed E-state index contributed by atoms with van der Waals surface area (Å²) in [5.74, 6) is 0.324. The fraction of sp³-hybridized carbons (Fsp3) is 0.444. The molecule has 2 amide bonds. The SMILES string of the molecule is C=CC(=O)N(C)c1ccc(C(=O)N[C@@H]2CCCC[C@@H]2C)cc1. The molecular weight excluding hydrogens is 276 g/mol. The van der Waals surface area contributed by atoms with Crippen LogP contribution in [-0.4, -0.2) is 24.9 Å². The number of amides is 2. The van der Waals surface area contributed by atoms with E-state index in [1.54, 1.807) is 31.3 Å². The van der Waals surface area contributed by atoms with Crippen LogP contribution in [0.5, 0.6) is 0 Å². The van der Waals surface area contributed by atoms with Crippen LogP contribution in [-0.2, 0) is 4.79 Å². The summed E-state index contributed by atoms with van der Waals surface area (Å²) in [7, 11) is 1.68. The van der Waals surface area contributed by atoms with Crippen molar-refractivity contribution in [1.82, 2.24) is 5.32 Å². The number of likely N-dealkylation sites (N-methyl/N-ethyl adjacent to an activating group) is 1. The highest BCUT2D eigenvalue weighted by Gasteiger charge is 2.23. The molecule has 1 aromatic carbocycles. The zero-order valence-corrected chi connectivity index (χ0v) is 13.3. The smallest absolute Gasteiger partial charge is 0.251 e. The van der Waals surface area contributed by atoms with Crippen LogP contribution in [0.1, 0.15) is 43.0 Å². The number of benzene rings is 1. The summed E-state index contributed by atoms with van der Waals surface area (Å²) in [6.45, 7) is 5.67. The molecule has 0 bridgehead atoms. The molecule has 0 unspecified atom stereocenters. The van der Waals surface area contributed by atoms with E-state index in [0.717, 1.165) is 12.1 Å². The molecule has 1 N–H and O–H groups in total. The van der Waals surface area contributed by atoms with Crippen LogP contribution in [0.4, 0.5) is 5.69 Å². The molecule has 0 spiro atoms. The summed E-state index contributed by atoms with van der Waals surface area (Å²) in [6, 6.07) is 7.34. The Morgan fingerprint density at radius 1 is 1.23 bits per heavy atom. The lowest BCUT2D eigenvalue weighted by Crippen LogP contribution is -2.41. The Morgan fingerprint density at radius 2 is 1.86 bits per heavy atom. The van der Waals surface area contributed by atoms with Gasteiger partial charge < -0.3 is 10.2 Å². The fourth-order valence-corrected chi connectivity index (χ4v) is 2.88. The number of carbonyl (C=O) groups excluding carboxylic acids is 2. The van der Waals surface area contributed by atoms with Gasteiger partial charge in [-0.25, -0.2) is 0 Å². The quantitative estimate of drug-likeness (QED) is 0.868. The largest absolute Gasteiger partial charge is 0.349 e. The Balaban J connectivity index is 2.01. The number of nitrogens with zero attached hydrogens (tertiary/aromatic N) is 1. The van der Waals surface area contributed by atoms with Gasteiger partial charge in [-0.3, -0.25) is 9.59 Å². The Bertz CT molecular complexity index is 551. The molecule has 1 aromatic rings. The summed E-state index contributed by atoms with van der Waals surface area (Å²) in [4.78, 5) is 25.4. The lowest BCUT2D eigenvalue weighted by atomic mass is 9.86. The lowest BCUT2D eigenvalue weighted by molar-refractivity contribution is -0.113. The second-order valence-electron chi connectivity index (χ2n) is 5.99. The third kappa shape index (κ3) is 3.75. The normalized spacial score (nSPS) is 21.0. The van der Waals surface area contributed by atoms with E-state index < -0.39 is 0 Å². The predicted molar refractivity (Wildman–Crippen MR) is 88.9 cm³/mol. The highest BCUT2D eigenvalue weighted by Crippen LogP contribution is 2.24. The Hall–Kier alpha value is -2.10. The molecule has 0 aliphatic heterocycles. The van der Waals surface area contributed by atoms with E-state index in [-0.39, 0.29) is 17.9 Å². The number of anilines is 1. The monoisotopic (exact) mass is 300 g/mol. The minimum atomic E-state index is -0.173. The minimum absolute atomic E-state index is 0.0389. The van der Waals surface area contributed by atoms with Crippen LogP contribution in [0.25, 0.3) is 0 Å². The molecular formula is C18H24N2O2. The Morgan fingerprint density at radius 3 is 2.45 bits per heavy atom. The molecule has 118 valence electrons. The van der Waals surface area contributed by atoms with E-state index >= 15 is 0 Å². The maximum atomic E-state index is 12.3. The first-order valence-electron chi connectivity index (χ1n) is 7.84. The molecule has 4 nitrogen and oxygen atoms in total. The topological polar surface area (TPSA) is 49.4 Å². The number of nitrogens with one attached hydrogen (secondary N) is 1. The highest BCUT2D eigenvalue weighted by atomic mass is 16.2. The summed E-state index contributed by atoms with van der Waals surface area (Å²) < 4.78 is 0. The first-order chi connectivity index (χ1) is 10.5. The molecule has 1 aliphatic carbocycles. The fourth-order valence-electron chi connectivity index (χ4n) is 2.88. The summed E-state index contributed by atoms with van der Waals surface area (Å²) >= 11 is 0. The number of hydrogen-bond acceptors (Lipinski definition) is 2. The zero-order valence-electron chi connectivity index (χ0n) is 13.3. The van der Waals surface area contributed by atoms with Crippen LogP contribution >= 0.6 is 0 Å². The van der Waals surface area contributed by atoms with Crippen molar-refractivity contribution in [3.63, 3.8) is 0 Å². The molecule has 22 heavy (non-hydrogen) atoms. The van der Waals surface area contributed by atoms with E-state index in [0.29, 0.717) is 11.5 Å². The van der Waals surface area contributed by atoms with Gasteiger partial charge in [0.25, 0.3) is 5.91 Å². The van der Waals surface area contributed by atoms with Crippen molar-refractivity contribution in [1.29, 1.82) is 0 Å². The molecule has 0 heterocycles. The van der Waals surface area contributed by atoms with Crippen molar-refractivity contribution in [2.75, 3.05) is 11.9 Å². The summed E-state index contributed by atoms with van der Waals surface area (Å²) in [5, 5.41) is 3.13. The average Bonchev–Trinajstić information content (AvgIpc) is 2.55. The Kier molecular flexibility index (Phi) is 5.36. The van der Waals surface area contributed by atoms with Gasteiger partial charge >= 0.3 is 0 Å². The number of rotatable bonds is 4. The number of hydrogen-bond donors (Lipinski definition) is 1. The molecule has 2 rings (SSSR count). The lowest BCUT2D eigenvalue weighted by Gasteiger charge is -2.29. The van der Waals surface area contributed by atoms with Gasteiger partial charge in [0, 0.05) is 24.3 Å². The van der Waals surface area contributed by atoms with Crippen LogP contribution in [0, 0.1) is 5.92 Å². The zero-order chi connectivity index (χ0) is 16.1. The second-order valence-corrected chi connectivity index (χ2v) is 5.99. The molecule has 1 fully saturated rings. The average molecular weight is 300 g/mol. The molecule has 0 saturated heterocycles. The third-order valence-electron chi connectivity index (χ3n) is 4.45. The van der Waals surface area contributed by atoms with Gasteiger partial charge in [0.2, 0.25) is 5.91 Å². The van der Waals surface area contributed by atoms with Crippen molar-refractivity contribution >= 4 is 17.5 Å². The first-order valence-corrected chi connectivity index (χ1v) is 7.84. The predicted octanol–water partition coefficient (Wildman–Crippen LogP) is 3.14. The standard InChI is InChI=1S/C18H24N2O2/c1-4-17(21)20(3)15-11-9-14(10-12-15)18(22)19-16-8-6-5-7-13(16)2/h4,9-13,16H,1,5-8H2,2-3H3,(H,19,22)/t13-,16+/m0/s1. The van der Waals surface area contributed by atoms with Gasteiger partial charge in [0.05, 0.1) is 0 Å². The van der Waals surface area contributed by atoms with Crippen LogP contribution < -0.4 is 10.2 Å². The minimum Gasteiger partial charge on any atom is -0.349 e. The van der Waals surface area contributed by atoms with Crippen molar-refractivity contribution < 1.29 is 9.59 Å². The van der Waals surface area contributed by atoms with Crippen LogP contribution in [0.3, 0.4) is 0 Å². The summed E-state index contributed by atoms with van der Waals surface area (Å²) in [5.41, 5.74) is 1.37. The Labute approximate surface area is 132 Å². The third-order valence-corrected chi connectivity index (χ3v) is 4.45. The van der Waals surface area contributed by atoms with Gasteiger partial charge in [0.15, 0.2) is 0 Å². The second kappa shape index (κ2) is 7.25. The van der Waals surface area contributed by atoms with E-state index in [4.69, 9.17) is 0 Å². The number of carbonyl (C=O) groups is 2. The highest BCUT2D eigenvalue weighted by molar-refractivity contribution is 6.01. The van der Waals surface area contributed by atoms with Gasteiger partial charge in [-0.1, -0.05) is 26.3 Å². The van der Waals surface area contributed by atoms with Crippen molar-refractivity contribution in [3.8, 4) is 0 Å². The van der Waals surface area contributed by atoms with Gasteiger partial charge in [0.1, 0.15) is 0 Å². The van der Waals surface area contributed by atoms with Crippen molar-refractivity contribution in [2.24, 2.45) is 5.92 Å². The molecule has 0 aromatic heterocycles. The molecule has 4 heteroatoms. The molecule has 1 saturated carbocycles. The van der Waals surface area contributed by atoms with Crippen LogP contribution in [0.15, 0.2) is 36.9 Å². The molecule has 2 atom stereocenters. The maximum absolute atomic E-state index is 12.3. The van der Waals surface area contributed by atoms with E-state index in [2.05, 4.69) is 18.8 Å². The van der Waals surface area contributed by atoms with E-state index in [1.165, 1.54) is 30.2 Å². The van der Waals surface area contributed by atoms with Gasteiger partial charge in [-0.05, 0) is 49.1 Å². The van der Waals surface area contributed by atoms with E-state index in [1.807, 2.05) is 0 Å². The molecule has 1 aliphatic rings. The summed E-state index contributed by atoms with van der Waals surface area (Å²) in [6.07, 6.45) is 5.94. The van der Waals surface area contributed by atoms with Crippen molar-refractivity contribution in [2.45, 2.75) is 38.6 Å². The first kappa shape index (κ1) is 16.3. The van der Waals surface area contributed by atoms with Crippen molar-refractivity contribution in [3.05, 3.63) is 42.5 Å². The maximum Gasteiger partial charge on any atom is 0.251 e. The van der Waals surface area contributed by atoms with Gasteiger partial charge in [-0.2, -0.15) is 0 Å². The van der Waals surface area contributed by atoms with Gasteiger partial charge in [-0.15, -0.1) is 0 Å². The van der Waals surface area contributed by atoms with Crippen LogP contribution in [0.2, 0.25) is 0 Å². The van der Waals surface area contributed by atoms with E-state index in [9.17, 15) is 9.59 Å². The molecule has 0 radical (unpaired) electrons.